The maximum atomic E-state index is 14.4. The molecule has 0 saturated carbocycles. The van der Waals surface area contributed by atoms with Crippen molar-refractivity contribution < 1.29 is 18.4 Å². The van der Waals surface area contributed by atoms with E-state index in [1.807, 2.05) is 31.2 Å². The number of halogens is 2. The van der Waals surface area contributed by atoms with Crippen LogP contribution < -0.4 is 4.90 Å². The van der Waals surface area contributed by atoms with E-state index in [0.717, 1.165) is 23.3 Å². The second-order valence-corrected chi connectivity index (χ2v) is 7.08. The third kappa shape index (κ3) is 2.97. The van der Waals surface area contributed by atoms with Gasteiger partial charge in [-0.1, -0.05) is 24.3 Å². The summed E-state index contributed by atoms with van der Waals surface area (Å²) >= 11 is 0. The van der Waals surface area contributed by atoms with Crippen molar-refractivity contribution >= 4 is 17.4 Å². The number of carbonyl (C=O) groups excluding carboxylic acids is 2. The van der Waals surface area contributed by atoms with E-state index in [-0.39, 0.29) is 29.7 Å². The molecule has 2 aromatic rings. The second-order valence-electron chi connectivity index (χ2n) is 7.08. The molecule has 2 aromatic carbocycles. The number of anilines is 1. The topological polar surface area (TPSA) is 37.4 Å². The molecule has 1 aliphatic carbocycles. The van der Waals surface area contributed by atoms with Gasteiger partial charge >= 0.3 is 0 Å². The van der Waals surface area contributed by atoms with Crippen LogP contribution in [-0.4, -0.2) is 11.7 Å². The van der Waals surface area contributed by atoms with Crippen molar-refractivity contribution in [2.24, 2.45) is 0 Å². The summed E-state index contributed by atoms with van der Waals surface area (Å²) in [6.07, 6.45) is 1.65. The lowest BCUT2D eigenvalue weighted by Gasteiger charge is -2.38. The van der Waals surface area contributed by atoms with Crippen LogP contribution in [0.2, 0.25) is 0 Å². The Morgan fingerprint density at radius 1 is 1.04 bits per heavy atom. The first kappa shape index (κ1) is 17.6. The first-order chi connectivity index (χ1) is 13.0. The number of Topliss-reactive ketones (excluding diaryl/α,β-unsaturated/α-hetero) is 1. The quantitative estimate of drug-likeness (QED) is 0.765. The monoisotopic (exact) mass is 367 g/mol. The molecule has 0 radical (unpaired) electrons. The molecular formula is C22H19F2NO2. The van der Waals surface area contributed by atoms with Crippen LogP contribution in [0.3, 0.4) is 0 Å². The van der Waals surface area contributed by atoms with Crippen LogP contribution in [0.15, 0.2) is 53.7 Å². The number of aryl methyl sites for hydroxylation is 1. The molecule has 138 valence electrons. The number of hydrogen-bond acceptors (Lipinski definition) is 2. The van der Waals surface area contributed by atoms with E-state index in [4.69, 9.17) is 0 Å². The van der Waals surface area contributed by atoms with E-state index >= 15 is 0 Å². The molecular weight excluding hydrogens is 348 g/mol. The lowest BCUT2D eigenvalue weighted by Crippen LogP contribution is -2.41. The Morgan fingerprint density at radius 2 is 1.81 bits per heavy atom. The van der Waals surface area contributed by atoms with Gasteiger partial charge in [0, 0.05) is 36.1 Å². The van der Waals surface area contributed by atoms with Gasteiger partial charge in [-0.15, -0.1) is 0 Å². The standard InChI is InChI=1S/C22H19F2NO2/c1-13-5-2-3-6-15(13)16-12-21(27)25(18-10-9-14(23)11-17(18)24)19-7-4-8-20(26)22(16)19/h2-3,5-6,9-11,16H,4,7-8,12H2,1H3. The van der Waals surface area contributed by atoms with Gasteiger partial charge in [-0.3, -0.25) is 14.5 Å². The van der Waals surface area contributed by atoms with Crippen molar-refractivity contribution in [3.05, 3.63) is 76.5 Å². The molecule has 0 aromatic heterocycles. The van der Waals surface area contributed by atoms with Crippen molar-refractivity contribution in [3.8, 4) is 0 Å². The molecule has 27 heavy (non-hydrogen) atoms. The number of benzene rings is 2. The van der Waals surface area contributed by atoms with Gasteiger partial charge in [-0.05, 0) is 43.0 Å². The van der Waals surface area contributed by atoms with E-state index in [1.165, 1.54) is 11.0 Å². The first-order valence-electron chi connectivity index (χ1n) is 9.07. The number of amides is 1. The highest BCUT2D eigenvalue weighted by Gasteiger charge is 2.40. The number of carbonyl (C=O) groups is 2. The van der Waals surface area contributed by atoms with E-state index in [0.29, 0.717) is 30.5 Å². The van der Waals surface area contributed by atoms with Gasteiger partial charge < -0.3 is 0 Å². The number of nitrogens with zero attached hydrogens (tertiary/aromatic N) is 1. The summed E-state index contributed by atoms with van der Waals surface area (Å²) in [6.45, 7) is 1.96. The summed E-state index contributed by atoms with van der Waals surface area (Å²) < 4.78 is 27.7. The van der Waals surface area contributed by atoms with Gasteiger partial charge in [0.1, 0.15) is 11.6 Å². The van der Waals surface area contributed by atoms with E-state index in [2.05, 4.69) is 0 Å². The first-order valence-corrected chi connectivity index (χ1v) is 9.07. The Hall–Kier alpha value is -2.82. The average Bonchev–Trinajstić information content (AvgIpc) is 2.63. The molecule has 2 aliphatic rings. The number of allylic oxidation sites excluding steroid dienone is 2. The molecule has 0 bridgehead atoms. The van der Waals surface area contributed by atoms with Gasteiger partial charge in [-0.25, -0.2) is 8.78 Å². The lowest BCUT2D eigenvalue weighted by molar-refractivity contribution is -0.120. The molecule has 0 saturated heterocycles. The molecule has 1 unspecified atom stereocenters. The number of ketones is 1. The Kier molecular flexibility index (Phi) is 4.38. The summed E-state index contributed by atoms with van der Waals surface area (Å²) in [6, 6.07) is 10.9. The van der Waals surface area contributed by atoms with Crippen molar-refractivity contribution in [2.45, 2.75) is 38.5 Å². The van der Waals surface area contributed by atoms with Crippen LogP contribution in [0.4, 0.5) is 14.5 Å². The molecule has 4 rings (SSSR count). The van der Waals surface area contributed by atoms with Gasteiger partial charge in [0.05, 0.1) is 5.69 Å². The third-order valence-electron chi connectivity index (χ3n) is 5.39. The smallest absolute Gasteiger partial charge is 0.232 e. The molecule has 0 N–H and O–H groups in total. The zero-order valence-corrected chi connectivity index (χ0v) is 15.0. The molecule has 0 spiro atoms. The summed E-state index contributed by atoms with van der Waals surface area (Å²) in [7, 11) is 0. The maximum Gasteiger partial charge on any atom is 0.232 e. The van der Waals surface area contributed by atoms with Crippen LogP contribution >= 0.6 is 0 Å². The van der Waals surface area contributed by atoms with Crippen LogP contribution in [0, 0.1) is 18.6 Å². The van der Waals surface area contributed by atoms with Crippen LogP contribution in [0.25, 0.3) is 0 Å². The Bertz CT molecular complexity index is 980. The van der Waals surface area contributed by atoms with Gasteiger partial charge in [0.25, 0.3) is 0 Å². The minimum absolute atomic E-state index is 0.00419. The normalized spacial score (nSPS) is 20.1. The van der Waals surface area contributed by atoms with Crippen molar-refractivity contribution in [3.63, 3.8) is 0 Å². The highest BCUT2D eigenvalue weighted by molar-refractivity contribution is 6.07. The van der Waals surface area contributed by atoms with Crippen molar-refractivity contribution in [1.29, 1.82) is 0 Å². The molecule has 3 nitrogen and oxygen atoms in total. The highest BCUT2D eigenvalue weighted by Crippen LogP contribution is 2.44. The Labute approximate surface area is 156 Å². The number of hydrogen-bond donors (Lipinski definition) is 0. The fraction of sp³-hybridized carbons (Fsp3) is 0.273. The van der Waals surface area contributed by atoms with Gasteiger partial charge in [0.2, 0.25) is 5.91 Å². The Morgan fingerprint density at radius 3 is 2.56 bits per heavy atom. The predicted molar refractivity (Wildman–Crippen MR) is 98.3 cm³/mol. The SMILES string of the molecule is Cc1ccccc1C1CC(=O)N(c2ccc(F)cc2F)C2=C1C(=O)CCC2. The van der Waals surface area contributed by atoms with Gasteiger partial charge in [0.15, 0.2) is 5.78 Å². The largest absolute Gasteiger partial charge is 0.294 e. The minimum Gasteiger partial charge on any atom is -0.294 e. The second kappa shape index (κ2) is 6.72. The predicted octanol–water partition coefficient (Wildman–Crippen LogP) is 4.80. The fourth-order valence-corrected chi connectivity index (χ4v) is 4.18. The summed E-state index contributed by atoms with van der Waals surface area (Å²) in [5, 5.41) is 0. The lowest BCUT2D eigenvalue weighted by atomic mass is 9.76. The molecule has 0 fully saturated rings. The van der Waals surface area contributed by atoms with Gasteiger partial charge in [-0.2, -0.15) is 0 Å². The van der Waals surface area contributed by atoms with E-state index in [1.54, 1.807) is 0 Å². The highest BCUT2D eigenvalue weighted by atomic mass is 19.1. The zero-order valence-electron chi connectivity index (χ0n) is 15.0. The summed E-state index contributed by atoms with van der Waals surface area (Å²) in [5.74, 6) is -2.09. The summed E-state index contributed by atoms with van der Waals surface area (Å²) in [4.78, 5) is 27.1. The fourth-order valence-electron chi connectivity index (χ4n) is 4.18. The van der Waals surface area contributed by atoms with Crippen LogP contribution in [0.5, 0.6) is 0 Å². The molecule has 1 heterocycles. The third-order valence-corrected chi connectivity index (χ3v) is 5.39. The van der Waals surface area contributed by atoms with Crippen molar-refractivity contribution in [1.82, 2.24) is 0 Å². The maximum absolute atomic E-state index is 14.4. The molecule has 1 aliphatic heterocycles. The number of rotatable bonds is 2. The van der Waals surface area contributed by atoms with Crippen LogP contribution in [-0.2, 0) is 9.59 Å². The minimum atomic E-state index is -0.803. The Balaban J connectivity index is 1.90. The molecule has 5 heteroatoms. The van der Waals surface area contributed by atoms with E-state index in [9.17, 15) is 18.4 Å². The average molecular weight is 367 g/mol. The molecule has 1 atom stereocenters. The van der Waals surface area contributed by atoms with E-state index < -0.39 is 11.6 Å². The van der Waals surface area contributed by atoms with Crippen molar-refractivity contribution in [2.75, 3.05) is 4.90 Å². The molecule has 1 amide bonds. The summed E-state index contributed by atoms with van der Waals surface area (Å²) in [5.41, 5.74) is 3.13. The zero-order chi connectivity index (χ0) is 19.1. The van der Waals surface area contributed by atoms with Crippen LogP contribution in [0.1, 0.15) is 42.7 Å².